The topological polar surface area (TPSA) is 87.6 Å². The Morgan fingerprint density at radius 3 is 2.44 bits per heavy atom. The van der Waals surface area contributed by atoms with Gasteiger partial charge < -0.3 is 5.11 Å². The zero-order valence-electron chi connectivity index (χ0n) is 13.1. The fourth-order valence-corrected chi connectivity index (χ4v) is 5.49. The van der Waals surface area contributed by atoms with Gasteiger partial charge in [-0.05, 0) is 36.4 Å². The third-order valence-electron chi connectivity index (χ3n) is 3.40. The van der Waals surface area contributed by atoms with Crippen molar-refractivity contribution in [3.8, 4) is 5.75 Å². The molecule has 1 N–H and O–H groups in total. The van der Waals surface area contributed by atoms with Gasteiger partial charge >= 0.3 is 0 Å². The summed E-state index contributed by atoms with van der Waals surface area (Å²) in [5.74, 6) is -1.48. The third-order valence-corrected chi connectivity index (χ3v) is 6.88. The summed E-state index contributed by atoms with van der Waals surface area (Å²) in [6.45, 7) is 0. The molecule has 1 amide bonds. The molecule has 0 fully saturated rings. The second-order valence-electron chi connectivity index (χ2n) is 5.15. The number of phenolic OH excluding ortho intramolecular Hbond substituents is 1. The second-order valence-corrected chi connectivity index (χ2v) is 9.55. The van der Waals surface area contributed by atoms with Crippen LogP contribution in [0.25, 0.3) is 0 Å². The summed E-state index contributed by atoms with van der Waals surface area (Å²) < 4.78 is 27.5. The second kappa shape index (κ2) is 7.76. The first kappa shape index (κ1) is 20.1. The quantitative estimate of drug-likeness (QED) is 0.539. The molecular formula is C16H9BrCl2N2O4S2. The number of aromatic hydroxyl groups is 1. The Balaban J connectivity index is 2.24. The number of thiazole rings is 1. The summed E-state index contributed by atoms with van der Waals surface area (Å²) in [5.41, 5.74) is 1.46. The molecule has 27 heavy (non-hydrogen) atoms. The van der Waals surface area contributed by atoms with Crippen LogP contribution in [0, 0.1) is 0 Å². The van der Waals surface area contributed by atoms with E-state index in [-0.39, 0.29) is 15.6 Å². The van der Waals surface area contributed by atoms with Crippen LogP contribution in [0.3, 0.4) is 0 Å². The number of amides is 1. The van der Waals surface area contributed by atoms with E-state index >= 15 is 0 Å². The predicted octanol–water partition coefficient (Wildman–Crippen LogP) is 4.95. The fraction of sp³-hybridized carbons (Fsp3) is 0. The molecule has 11 heteroatoms. The summed E-state index contributed by atoms with van der Waals surface area (Å²) in [5, 5.41) is 10.4. The number of carbonyl (C=O) groups excluding carboxylic acids is 1. The zero-order chi connectivity index (χ0) is 19.8. The highest BCUT2D eigenvalue weighted by molar-refractivity contribution is 9.10. The van der Waals surface area contributed by atoms with E-state index in [1.165, 1.54) is 48.1 Å². The molecule has 0 aliphatic rings. The number of hydrogen-bond acceptors (Lipinski definition) is 6. The molecule has 2 aromatic carbocycles. The van der Waals surface area contributed by atoms with Gasteiger partial charge in [-0.15, -0.1) is 11.3 Å². The lowest BCUT2D eigenvalue weighted by Crippen LogP contribution is -2.36. The van der Waals surface area contributed by atoms with Crippen molar-refractivity contribution in [2.45, 2.75) is 4.90 Å². The van der Waals surface area contributed by atoms with Gasteiger partial charge in [-0.2, -0.15) is 4.31 Å². The summed E-state index contributed by atoms with van der Waals surface area (Å²) >= 11 is 15.9. The van der Waals surface area contributed by atoms with Crippen molar-refractivity contribution in [1.82, 2.24) is 4.98 Å². The highest BCUT2D eigenvalue weighted by Crippen LogP contribution is 2.38. The normalized spacial score (nSPS) is 11.4. The molecule has 140 valence electrons. The summed E-state index contributed by atoms with van der Waals surface area (Å²) in [4.78, 5) is 16.3. The van der Waals surface area contributed by atoms with Gasteiger partial charge in [0, 0.05) is 9.50 Å². The Morgan fingerprint density at radius 2 is 1.85 bits per heavy atom. The van der Waals surface area contributed by atoms with Gasteiger partial charge in [0.05, 0.1) is 22.4 Å². The monoisotopic (exact) mass is 506 g/mol. The molecule has 3 aromatic rings. The van der Waals surface area contributed by atoms with Crippen LogP contribution in [-0.2, 0) is 10.0 Å². The van der Waals surface area contributed by atoms with Crippen molar-refractivity contribution in [1.29, 1.82) is 0 Å². The number of halogens is 3. The van der Waals surface area contributed by atoms with Gasteiger partial charge in [-0.3, -0.25) is 9.78 Å². The summed E-state index contributed by atoms with van der Waals surface area (Å²) in [7, 11) is -4.51. The molecule has 1 heterocycles. The van der Waals surface area contributed by atoms with E-state index in [1.54, 1.807) is 0 Å². The number of aromatic nitrogens is 1. The van der Waals surface area contributed by atoms with Crippen molar-refractivity contribution >= 4 is 72.1 Å². The van der Waals surface area contributed by atoms with Gasteiger partial charge in [0.15, 0.2) is 5.75 Å². The number of nitrogens with zero attached hydrogens (tertiary/aromatic N) is 2. The van der Waals surface area contributed by atoms with Crippen LogP contribution in [0.5, 0.6) is 5.75 Å². The van der Waals surface area contributed by atoms with Crippen LogP contribution in [-0.4, -0.2) is 24.4 Å². The molecule has 6 nitrogen and oxygen atoms in total. The van der Waals surface area contributed by atoms with Gasteiger partial charge in [0.25, 0.3) is 15.9 Å². The fourth-order valence-electron chi connectivity index (χ4n) is 2.20. The zero-order valence-corrected chi connectivity index (χ0v) is 17.9. The standard InChI is InChI=1S/C16H9BrCl2N2O4S2/c17-9-5-12(19)15(22)14(6-9)27(24,25)21(11-3-1-10(18)2-4-11)16(23)13-7-20-8-26-13/h1-8,22H. The average Bonchev–Trinajstić information content (AvgIpc) is 3.14. The molecule has 0 radical (unpaired) electrons. The first-order chi connectivity index (χ1) is 12.7. The van der Waals surface area contributed by atoms with E-state index in [4.69, 9.17) is 23.2 Å². The number of sulfonamides is 1. The van der Waals surface area contributed by atoms with Crippen LogP contribution in [0.4, 0.5) is 5.69 Å². The maximum absolute atomic E-state index is 13.3. The minimum atomic E-state index is -4.51. The van der Waals surface area contributed by atoms with E-state index < -0.39 is 26.6 Å². The lowest BCUT2D eigenvalue weighted by atomic mass is 10.3. The molecule has 0 atom stereocenters. The third kappa shape index (κ3) is 3.97. The number of carbonyl (C=O) groups is 1. The van der Waals surface area contributed by atoms with Gasteiger partial charge in [-0.25, -0.2) is 8.42 Å². The number of hydrogen-bond donors (Lipinski definition) is 1. The van der Waals surface area contributed by atoms with Gasteiger partial charge in [-0.1, -0.05) is 39.1 Å². The highest BCUT2D eigenvalue weighted by atomic mass is 79.9. The van der Waals surface area contributed by atoms with E-state index in [0.29, 0.717) is 13.8 Å². The molecule has 3 rings (SSSR count). The first-order valence-corrected chi connectivity index (χ1v) is 11.0. The number of benzene rings is 2. The Morgan fingerprint density at radius 1 is 1.19 bits per heavy atom. The van der Waals surface area contributed by atoms with E-state index in [9.17, 15) is 18.3 Å². The Labute approximate surface area is 177 Å². The van der Waals surface area contributed by atoms with Crippen molar-refractivity contribution in [3.05, 3.63) is 67.5 Å². The Bertz CT molecular complexity index is 1100. The minimum absolute atomic E-state index is 0.0493. The molecule has 0 saturated heterocycles. The predicted molar refractivity (Wildman–Crippen MR) is 108 cm³/mol. The van der Waals surface area contributed by atoms with E-state index in [1.807, 2.05) is 0 Å². The van der Waals surface area contributed by atoms with Crippen molar-refractivity contribution in [2.24, 2.45) is 0 Å². The van der Waals surface area contributed by atoms with Crippen LogP contribution in [0.2, 0.25) is 10.0 Å². The molecule has 0 spiro atoms. The lowest BCUT2D eigenvalue weighted by Gasteiger charge is -2.23. The molecule has 0 saturated carbocycles. The molecule has 0 aliphatic carbocycles. The maximum atomic E-state index is 13.3. The molecular weight excluding hydrogens is 499 g/mol. The number of phenols is 1. The van der Waals surface area contributed by atoms with Gasteiger partial charge in [0.2, 0.25) is 0 Å². The molecule has 0 unspecified atom stereocenters. The van der Waals surface area contributed by atoms with Crippen LogP contribution in [0.15, 0.2) is 57.5 Å². The molecule has 0 aliphatic heterocycles. The largest absolute Gasteiger partial charge is 0.505 e. The maximum Gasteiger partial charge on any atom is 0.284 e. The van der Waals surface area contributed by atoms with Crippen LogP contribution < -0.4 is 4.31 Å². The van der Waals surface area contributed by atoms with Gasteiger partial charge in [0.1, 0.15) is 9.77 Å². The number of rotatable bonds is 4. The van der Waals surface area contributed by atoms with E-state index in [0.717, 1.165) is 11.3 Å². The van der Waals surface area contributed by atoms with Crippen molar-refractivity contribution in [2.75, 3.05) is 4.31 Å². The minimum Gasteiger partial charge on any atom is -0.505 e. The molecule has 0 bridgehead atoms. The summed E-state index contributed by atoms with van der Waals surface area (Å²) in [6.07, 6.45) is 1.26. The van der Waals surface area contributed by atoms with Crippen LogP contribution in [0.1, 0.15) is 9.67 Å². The highest BCUT2D eigenvalue weighted by Gasteiger charge is 2.35. The molecule has 1 aromatic heterocycles. The SMILES string of the molecule is O=C(c1cncs1)N(c1ccc(Cl)cc1)S(=O)(=O)c1cc(Br)cc(Cl)c1O. The van der Waals surface area contributed by atoms with Crippen molar-refractivity contribution < 1.29 is 18.3 Å². The summed E-state index contributed by atoms with van der Waals surface area (Å²) in [6, 6.07) is 8.18. The Hall–Kier alpha value is -1.65. The number of anilines is 1. The Kier molecular flexibility index (Phi) is 5.78. The average molecular weight is 508 g/mol. The lowest BCUT2D eigenvalue weighted by molar-refractivity contribution is 0.101. The van der Waals surface area contributed by atoms with Crippen molar-refractivity contribution in [3.63, 3.8) is 0 Å². The first-order valence-electron chi connectivity index (χ1n) is 7.13. The van der Waals surface area contributed by atoms with E-state index in [2.05, 4.69) is 20.9 Å². The smallest absolute Gasteiger partial charge is 0.284 e. The van der Waals surface area contributed by atoms with Crippen LogP contribution >= 0.6 is 50.5 Å².